The molecule has 0 aromatic rings. The minimum absolute atomic E-state index is 0.0355. The quantitative estimate of drug-likeness (QED) is 0.595. The molecule has 1 amide bonds. The summed E-state index contributed by atoms with van der Waals surface area (Å²) >= 11 is 14.0. The third-order valence-corrected chi connectivity index (χ3v) is 8.39. The molecule has 5 heteroatoms. The van der Waals surface area contributed by atoms with Gasteiger partial charge in [-0.2, -0.15) is 0 Å². The van der Waals surface area contributed by atoms with Crippen molar-refractivity contribution in [2.75, 3.05) is 6.54 Å². The maximum Gasteiger partial charge on any atom is 0.257 e. The smallest absolute Gasteiger partial charge is 0.257 e. The van der Waals surface area contributed by atoms with Crippen LogP contribution < -0.4 is 0 Å². The molecule has 2 nitrogen and oxygen atoms in total. The van der Waals surface area contributed by atoms with E-state index in [1.54, 1.807) is 0 Å². The zero-order chi connectivity index (χ0) is 16.0. The summed E-state index contributed by atoms with van der Waals surface area (Å²) in [7, 11) is 0. The van der Waals surface area contributed by atoms with Gasteiger partial charge in [0.1, 0.15) is 0 Å². The van der Waals surface area contributed by atoms with E-state index in [2.05, 4.69) is 30.5 Å². The van der Waals surface area contributed by atoms with E-state index in [1.165, 1.54) is 38.5 Å². The summed E-state index contributed by atoms with van der Waals surface area (Å²) in [5.41, 5.74) is 0. The first-order valence-electron chi connectivity index (χ1n) is 8.66. The van der Waals surface area contributed by atoms with Crippen molar-refractivity contribution < 1.29 is 4.79 Å². The van der Waals surface area contributed by atoms with Crippen LogP contribution in [0, 0.1) is 11.8 Å². The normalized spacial score (nSPS) is 42.5. The van der Waals surface area contributed by atoms with E-state index >= 15 is 0 Å². The Balaban J connectivity index is 1.84. The van der Waals surface area contributed by atoms with Crippen LogP contribution in [-0.2, 0) is 4.79 Å². The van der Waals surface area contributed by atoms with Gasteiger partial charge in [-0.25, -0.2) is 0 Å². The third kappa shape index (κ3) is 3.15. The summed E-state index contributed by atoms with van der Waals surface area (Å²) in [5.74, 6) is 1.53. The average molecular weight is 364 g/mol. The molecule has 0 N–H and O–H groups in total. The Morgan fingerprint density at radius 1 is 1.05 bits per heavy atom. The Hall–Kier alpha value is 0.400. The predicted octanol–water partition coefficient (Wildman–Crippen LogP) is 5.22. The highest BCUT2D eigenvalue weighted by atomic mass is 35.5. The maximum absolute atomic E-state index is 12.6. The van der Waals surface area contributed by atoms with Crippen molar-refractivity contribution in [3.8, 4) is 0 Å². The molecule has 22 heavy (non-hydrogen) atoms. The SMILES string of the molecule is CC1CCC2(CC1)CN(C(=O)C(Cl)Cl)C1(CCC(C)CC1)S2. The van der Waals surface area contributed by atoms with E-state index in [9.17, 15) is 4.79 Å². The van der Waals surface area contributed by atoms with Gasteiger partial charge < -0.3 is 4.90 Å². The van der Waals surface area contributed by atoms with E-state index in [4.69, 9.17) is 23.2 Å². The third-order valence-electron chi connectivity index (χ3n) is 6.04. The number of amides is 1. The van der Waals surface area contributed by atoms with Gasteiger partial charge in [0.25, 0.3) is 5.91 Å². The van der Waals surface area contributed by atoms with Crippen LogP contribution in [0.2, 0.25) is 0 Å². The number of thioether (sulfide) groups is 1. The molecule has 1 saturated heterocycles. The monoisotopic (exact) mass is 363 g/mol. The fourth-order valence-electron chi connectivity index (χ4n) is 4.45. The largest absolute Gasteiger partial charge is 0.324 e. The van der Waals surface area contributed by atoms with Crippen LogP contribution in [0.4, 0.5) is 0 Å². The fraction of sp³-hybridized carbons (Fsp3) is 0.941. The lowest BCUT2D eigenvalue weighted by Gasteiger charge is -2.43. The van der Waals surface area contributed by atoms with Crippen molar-refractivity contribution in [2.24, 2.45) is 11.8 Å². The summed E-state index contributed by atoms with van der Waals surface area (Å²) in [6.07, 6.45) is 9.64. The summed E-state index contributed by atoms with van der Waals surface area (Å²) in [6.45, 7) is 5.52. The van der Waals surface area contributed by atoms with Crippen LogP contribution in [0.25, 0.3) is 0 Å². The summed E-state index contributed by atoms with van der Waals surface area (Å²) in [4.78, 5) is 13.8. The summed E-state index contributed by atoms with van der Waals surface area (Å²) < 4.78 is 0.255. The van der Waals surface area contributed by atoms with Gasteiger partial charge in [-0.3, -0.25) is 4.79 Å². The fourth-order valence-corrected chi connectivity index (χ4v) is 6.83. The topological polar surface area (TPSA) is 20.3 Å². The molecule has 0 radical (unpaired) electrons. The molecule has 1 aliphatic heterocycles. The van der Waals surface area contributed by atoms with E-state index in [-0.39, 0.29) is 15.5 Å². The first-order chi connectivity index (χ1) is 10.4. The second-order valence-corrected chi connectivity index (χ2v) is 10.7. The number of hydrogen-bond acceptors (Lipinski definition) is 2. The molecule has 3 fully saturated rings. The van der Waals surface area contributed by atoms with Crippen LogP contribution in [0.1, 0.15) is 65.2 Å². The van der Waals surface area contributed by atoms with E-state index in [0.29, 0.717) is 0 Å². The van der Waals surface area contributed by atoms with Crippen molar-refractivity contribution in [1.29, 1.82) is 0 Å². The molecule has 0 unspecified atom stereocenters. The van der Waals surface area contributed by atoms with Gasteiger partial charge in [0.05, 0.1) is 4.87 Å². The number of nitrogens with zero attached hydrogens (tertiary/aromatic N) is 1. The van der Waals surface area contributed by atoms with Crippen molar-refractivity contribution in [3.63, 3.8) is 0 Å². The Kier molecular flexibility index (Phi) is 4.99. The molecule has 0 aromatic carbocycles. The van der Waals surface area contributed by atoms with Crippen LogP contribution in [0.3, 0.4) is 0 Å². The summed E-state index contributed by atoms with van der Waals surface area (Å²) in [5, 5.41) is 0. The number of halogens is 2. The van der Waals surface area contributed by atoms with Crippen molar-refractivity contribution in [1.82, 2.24) is 4.90 Å². The van der Waals surface area contributed by atoms with Crippen LogP contribution >= 0.6 is 35.0 Å². The van der Waals surface area contributed by atoms with Crippen LogP contribution in [0.5, 0.6) is 0 Å². The molecular formula is C17H27Cl2NOS. The second kappa shape index (κ2) is 6.37. The molecule has 1 heterocycles. The van der Waals surface area contributed by atoms with Crippen LogP contribution in [-0.4, -0.2) is 31.8 Å². The summed E-state index contributed by atoms with van der Waals surface area (Å²) in [6, 6.07) is 0. The van der Waals surface area contributed by atoms with E-state index in [0.717, 1.165) is 31.2 Å². The molecule has 0 bridgehead atoms. The zero-order valence-electron chi connectivity index (χ0n) is 13.6. The minimum Gasteiger partial charge on any atom is -0.324 e. The van der Waals surface area contributed by atoms with Gasteiger partial charge in [-0.05, 0) is 63.2 Å². The number of rotatable bonds is 1. The molecule has 2 spiro atoms. The lowest BCUT2D eigenvalue weighted by molar-refractivity contribution is -0.133. The lowest BCUT2D eigenvalue weighted by Crippen LogP contribution is -2.50. The van der Waals surface area contributed by atoms with Crippen molar-refractivity contribution in [3.05, 3.63) is 0 Å². The van der Waals surface area contributed by atoms with Gasteiger partial charge in [-0.15, -0.1) is 11.8 Å². The number of carbonyl (C=O) groups excluding carboxylic acids is 1. The predicted molar refractivity (Wildman–Crippen MR) is 95.5 cm³/mol. The number of hydrogen-bond donors (Lipinski definition) is 0. The van der Waals surface area contributed by atoms with Crippen LogP contribution in [0.15, 0.2) is 0 Å². The molecule has 3 aliphatic rings. The Bertz CT molecular complexity index is 426. The number of carbonyl (C=O) groups is 1. The van der Waals surface area contributed by atoms with E-state index in [1.807, 2.05) is 0 Å². The van der Waals surface area contributed by atoms with Gasteiger partial charge >= 0.3 is 0 Å². The average Bonchev–Trinajstić information content (AvgIpc) is 2.80. The molecular weight excluding hydrogens is 337 g/mol. The Morgan fingerprint density at radius 2 is 1.55 bits per heavy atom. The van der Waals surface area contributed by atoms with Gasteiger partial charge in [-0.1, -0.05) is 37.0 Å². The molecule has 0 atom stereocenters. The zero-order valence-corrected chi connectivity index (χ0v) is 15.9. The highest BCUT2D eigenvalue weighted by Crippen LogP contribution is 2.59. The van der Waals surface area contributed by atoms with Crippen molar-refractivity contribution in [2.45, 2.75) is 79.7 Å². The molecule has 2 saturated carbocycles. The van der Waals surface area contributed by atoms with Gasteiger partial charge in [0, 0.05) is 11.3 Å². The maximum atomic E-state index is 12.6. The lowest BCUT2D eigenvalue weighted by atomic mass is 9.81. The van der Waals surface area contributed by atoms with Crippen molar-refractivity contribution >= 4 is 40.9 Å². The number of alkyl halides is 2. The second-order valence-electron chi connectivity index (χ2n) is 7.82. The first-order valence-corrected chi connectivity index (χ1v) is 10.3. The highest BCUT2D eigenvalue weighted by Gasteiger charge is 2.57. The minimum atomic E-state index is -0.922. The Labute approximate surface area is 148 Å². The van der Waals surface area contributed by atoms with Gasteiger partial charge in [0.2, 0.25) is 0 Å². The molecule has 0 aromatic heterocycles. The molecule has 126 valence electrons. The first kappa shape index (κ1) is 17.2. The highest BCUT2D eigenvalue weighted by molar-refractivity contribution is 8.02. The molecule has 3 rings (SSSR count). The Morgan fingerprint density at radius 3 is 2.05 bits per heavy atom. The standard InChI is InChI=1S/C17H27Cl2NOS/c1-12-3-7-16(8-4-12)11-20(15(21)14(18)19)17(22-16)9-5-13(2)6-10-17/h12-14H,3-11H2,1-2H3. The molecule has 2 aliphatic carbocycles. The van der Waals surface area contributed by atoms with Gasteiger partial charge in [0.15, 0.2) is 4.84 Å². The van der Waals surface area contributed by atoms with E-state index < -0.39 is 4.84 Å².